The smallest absolute Gasteiger partial charge is 0.271 e. The van der Waals surface area contributed by atoms with Crippen LogP contribution in [0.5, 0.6) is 5.75 Å². The maximum atomic E-state index is 12.5. The number of nitriles is 1. The van der Waals surface area contributed by atoms with Crippen molar-refractivity contribution in [2.75, 3.05) is 6.61 Å². The van der Waals surface area contributed by atoms with Gasteiger partial charge < -0.3 is 4.74 Å². The Labute approximate surface area is 172 Å². The molecule has 0 spiro atoms. The molecular formula is C22H19N5O3. The minimum absolute atomic E-state index is 0.0155. The number of carbonyl (C=O) groups is 1. The predicted octanol–water partition coefficient (Wildman–Crippen LogP) is 2.40. The van der Waals surface area contributed by atoms with Crippen LogP contribution in [0.4, 0.5) is 0 Å². The van der Waals surface area contributed by atoms with Crippen molar-refractivity contribution >= 4 is 22.5 Å². The minimum Gasteiger partial charge on any atom is -0.479 e. The largest absolute Gasteiger partial charge is 0.479 e. The van der Waals surface area contributed by atoms with E-state index in [1.54, 1.807) is 54.0 Å². The summed E-state index contributed by atoms with van der Waals surface area (Å²) < 4.78 is 6.92. The third-order valence-electron chi connectivity index (χ3n) is 4.98. The lowest BCUT2D eigenvalue weighted by Gasteiger charge is -2.07. The number of ether oxygens (including phenoxy) is 1. The number of aryl methyl sites for hydroxylation is 1. The predicted molar refractivity (Wildman–Crippen MR) is 112 cm³/mol. The summed E-state index contributed by atoms with van der Waals surface area (Å²) >= 11 is 0. The molecule has 1 aliphatic heterocycles. The fourth-order valence-corrected chi connectivity index (χ4v) is 3.40. The number of nitrogens with zero attached hydrogens (tertiary/aromatic N) is 4. The Bertz CT molecular complexity index is 1250. The van der Waals surface area contributed by atoms with Crippen molar-refractivity contribution in [2.45, 2.75) is 26.3 Å². The number of rotatable bonds is 5. The SMILES string of the molecule is C/C(=N/NC(=O)c1ccc2c(=O)n3c(nc2c1)CCC3)c1ccc(OCC#N)cc1. The zero-order valence-electron chi connectivity index (χ0n) is 16.4. The molecule has 1 N–H and O–H groups in total. The highest BCUT2D eigenvalue weighted by Crippen LogP contribution is 2.16. The Kier molecular flexibility index (Phi) is 5.26. The van der Waals surface area contributed by atoms with Gasteiger partial charge in [-0.1, -0.05) is 0 Å². The molecule has 2 heterocycles. The molecule has 0 fully saturated rings. The monoisotopic (exact) mass is 401 g/mol. The second-order valence-electron chi connectivity index (χ2n) is 6.93. The number of fused-ring (bicyclic) bond motifs is 2. The molecule has 150 valence electrons. The van der Waals surface area contributed by atoms with Crippen LogP contribution < -0.4 is 15.7 Å². The maximum absolute atomic E-state index is 12.5. The molecule has 8 nitrogen and oxygen atoms in total. The van der Waals surface area contributed by atoms with Crippen LogP contribution in [0.3, 0.4) is 0 Å². The number of hydrazone groups is 1. The average molecular weight is 401 g/mol. The van der Waals surface area contributed by atoms with Crippen molar-refractivity contribution < 1.29 is 9.53 Å². The van der Waals surface area contributed by atoms with E-state index in [-0.39, 0.29) is 18.1 Å². The molecule has 0 saturated heterocycles. The van der Waals surface area contributed by atoms with Gasteiger partial charge in [-0.05, 0) is 61.4 Å². The molecule has 1 aromatic heterocycles. The standard InChI is InChI=1S/C22H19N5O3/c1-14(15-4-7-17(8-5-15)30-12-10-23)25-26-21(28)16-6-9-18-19(13-16)24-20-3-2-11-27(20)22(18)29/h4-9,13H,2-3,11-12H2,1H3,(H,26,28)/b25-14-. The molecular weight excluding hydrogens is 382 g/mol. The van der Waals surface area contributed by atoms with E-state index in [0.717, 1.165) is 24.2 Å². The van der Waals surface area contributed by atoms with Crippen LogP contribution in [0.15, 0.2) is 52.4 Å². The molecule has 1 aliphatic rings. The molecule has 4 rings (SSSR count). The Morgan fingerprint density at radius 3 is 2.80 bits per heavy atom. The minimum atomic E-state index is -0.382. The van der Waals surface area contributed by atoms with E-state index in [2.05, 4.69) is 15.5 Å². The third-order valence-corrected chi connectivity index (χ3v) is 4.98. The lowest BCUT2D eigenvalue weighted by atomic mass is 10.1. The second-order valence-corrected chi connectivity index (χ2v) is 6.93. The Hall–Kier alpha value is -3.99. The normalized spacial score (nSPS) is 13.0. The molecule has 2 aromatic carbocycles. The van der Waals surface area contributed by atoms with Crippen LogP contribution in [-0.4, -0.2) is 27.8 Å². The second kappa shape index (κ2) is 8.17. The molecule has 0 unspecified atom stereocenters. The van der Waals surface area contributed by atoms with E-state index < -0.39 is 0 Å². The zero-order valence-corrected chi connectivity index (χ0v) is 16.4. The van der Waals surface area contributed by atoms with Gasteiger partial charge in [0.15, 0.2) is 6.61 Å². The van der Waals surface area contributed by atoms with Gasteiger partial charge >= 0.3 is 0 Å². The van der Waals surface area contributed by atoms with Crippen LogP contribution in [-0.2, 0) is 13.0 Å². The van der Waals surface area contributed by atoms with E-state index in [9.17, 15) is 9.59 Å². The molecule has 3 aromatic rings. The summed E-state index contributed by atoms with van der Waals surface area (Å²) in [5, 5.41) is 13.2. The third kappa shape index (κ3) is 3.78. The maximum Gasteiger partial charge on any atom is 0.271 e. The number of amides is 1. The van der Waals surface area contributed by atoms with Crippen LogP contribution in [0.25, 0.3) is 10.9 Å². The number of benzene rings is 2. The van der Waals surface area contributed by atoms with Crippen molar-refractivity contribution in [1.82, 2.24) is 15.0 Å². The molecule has 1 amide bonds. The van der Waals surface area contributed by atoms with Crippen molar-refractivity contribution in [2.24, 2.45) is 5.10 Å². The van der Waals surface area contributed by atoms with Crippen molar-refractivity contribution in [3.05, 3.63) is 69.8 Å². The van der Waals surface area contributed by atoms with Gasteiger partial charge in [-0.15, -0.1) is 0 Å². The van der Waals surface area contributed by atoms with Gasteiger partial charge in [-0.2, -0.15) is 10.4 Å². The van der Waals surface area contributed by atoms with Crippen molar-refractivity contribution in [1.29, 1.82) is 5.26 Å². The van der Waals surface area contributed by atoms with E-state index in [1.165, 1.54) is 0 Å². The summed E-state index contributed by atoms with van der Waals surface area (Å²) in [4.78, 5) is 29.6. The van der Waals surface area contributed by atoms with E-state index in [4.69, 9.17) is 10.00 Å². The van der Waals surface area contributed by atoms with Crippen molar-refractivity contribution in [3.63, 3.8) is 0 Å². The summed E-state index contributed by atoms with van der Waals surface area (Å²) in [7, 11) is 0. The highest BCUT2D eigenvalue weighted by Gasteiger charge is 2.17. The highest BCUT2D eigenvalue weighted by atomic mass is 16.5. The molecule has 0 atom stereocenters. The Morgan fingerprint density at radius 2 is 2.03 bits per heavy atom. The van der Waals surface area contributed by atoms with Crippen LogP contribution in [0.2, 0.25) is 0 Å². The van der Waals surface area contributed by atoms with Gasteiger partial charge in [0.2, 0.25) is 0 Å². The van der Waals surface area contributed by atoms with Gasteiger partial charge in [0.25, 0.3) is 11.5 Å². The first-order chi connectivity index (χ1) is 14.6. The first-order valence-corrected chi connectivity index (χ1v) is 9.55. The number of hydrogen-bond acceptors (Lipinski definition) is 6. The van der Waals surface area contributed by atoms with Gasteiger partial charge in [0.05, 0.1) is 16.6 Å². The lowest BCUT2D eigenvalue weighted by Crippen LogP contribution is -2.22. The van der Waals surface area contributed by atoms with Crippen LogP contribution in [0, 0.1) is 11.3 Å². The lowest BCUT2D eigenvalue weighted by molar-refractivity contribution is 0.0955. The average Bonchev–Trinajstić information content (AvgIpc) is 3.24. The van der Waals surface area contributed by atoms with Gasteiger partial charge in [0.1, 0.15) is 17.6 Å². The number of nitrogens with one attached hydrogen (secondary N) is 1. The molecule has 0 radical (unpaired) electrons. The van der Waals surface area contributed by atoms with Gasteiger partial charge in [-0.3, -0.25) is 14.2 Å². The first kappa shape index (κ1) is 19.3. The molecule has 0 aliphatic carbocycles. The highest BCUT2D eigenvalue weighted by molar-refractivity contribution is 6.01. The molecule has 0 bridgehead atoms. The van der Waals surface area contributed by atoms with E-state index >= 15 is 0 Å². The number of carbonyl (C=O) groups excluding carboxylic acids is 1. The summed E-state index contributed by atoms with van der Waals surface area (Å²) in [6.07, 6.45) is 1.68. The molecule has 30 heavy (non-hydrogen) atoms. The summed E-state index contributed by atoms with van der Waals surface area (Å²) in [5.74, 6) is 0.969. The summed E-state index contributed by atoms with van der Waals surface area (Å²) in [6.45, 7) is 2.45. The fraction of sp³-hybridized carbons (Fsp3) is 0.227. The topological polar surface area (TPSA) is 109 Å². The Balaban J connectivity index is 1.51. The summed E-state index contributed by atoms with van der Waals surface area (Å²) in [5.41, 5.74) is 4.81. The van der Waals surface area contributed by atoms with E-state index in [1.807, 2.05) is 6.07 Å². The van der Waals surface area contributed by atoms with Crippen LogP contribution >= 0.6 is 0 Å². The quantitative estimate of drug-likeness (QED) is 0.521. The zero-order chi connectivity index (χ0) is 21.1. The molecule has 8 heteroatoms. The van der Waals surface area contributed by atoms with Gasteiger partial charge in [0, 0.05) is 18.5 Å². The van der Waals surface area contributed by atoms with E-state index in [0.29, 0.717) is 34.5 Å². The first-order valence-electron chi connectivity index (χ1n) is 9.55. The van der Waals surface area contributed by atoms with Crippen LogP contribution in [0.1, 0.15) is 35.1 Å². The summed E-state index contributed by atoms with van der Waals surface area (Å²) in [6, 6.07) is 13.8. The Morgan fingerprint density at radius 1 is 1.27 bits per heavy atom. The number of aromatic nitrogens is 2. The van der Waals surface area contributed by atoms with Crippen molar-refractivity contribution in [3.8, 4) is 11.8 Å². The fourth-order valence-electron chi connectivity index (χ4n) is 3.40. The number of hydrogen-bond donors (Lipinski definition) is 1. The van der Waals surface area contributed by atoms with Gasteiger partial charge in [-0.25, -0.2) is 10.4 Å². The molecule has 0 saturated carbocycles.